The number of piperidine rings is 1. The van der Waals surface area contributed by atoms with Crippen molar-refractivity contribution in [3.8, 4) is 35.0 Å². The van der Waals surface area contributed by atoms with E-state index in [2.05, 4.69) is 36.6 Å². The zero-order valence-electron chi connectivity index (χ0n) is 23.3. The Morgan fingerprint density at radius 3 is 2.57 bits per heavy atom. The van der Waals surface area contributed by atoms with Crippen molar-refractivity contribution in [2.24, 2.45) is 0 Å². The van der Waals surface area contributed by atoms with Gasteiger partial charge in [0.25, 0.3) is 0 Å². The number of aromatic amines is 1. The van der Waals surface area contributed by atoms with E-state index in [-0.39, 0.29) is 23.3 Å². The van der Waals surface area contributed by atoms with Crippen LogP contribution in [0.3, 0.4) is 0 Å². The summed E-state index contributed by atoms with van der Waals surface area (Å²) in [5.41, 5.74) is 3.70. The van der Waals surface area contributed by atoms with Crippen molar-refractivity contribution in [2.75, 3.05) is 20.1 Å². The highest BCUT2D eigenvalue weighted by atomic mass is 32.3. The van der Waals surface area contributed by atoms with Gasteiger partial charge in [-0.2, -0.15) is 8.42 Å². The molecule has 0 atom stereocenters. The minimum Gasteiger partial charge on any atom is -0.490 e. The maximum Gasteiger partial charge on any atom is 0.488 e. The van der Waals surface area contributed by atoms with Crippen LogP contribution in [0.5, 0.6) is 11.5 Å². The molecule has 0 saturated carbocycles. The molecule has 11 heteroatoms. The Morgan fingerprint density at radius 2 is 1.88 bits per heavy atom. The minimum atomic E-state index is -5.25. The molecule has 0 unspecified atom stereocenters. The summed E-state index contributed by atoms with van der Waals surface area (Å²) in [6, 6.07) is 10.6. The second-order valence-electron chi connectivity index (χ2n) is 10.9. The Morgan fingerprint density at radius 1 is 1.12 bits per heavy atom. The number of aromatic nitrogens is 3. The van der Waals surface area contributed by atoms with E-state index in [4.69, 9.17) is 11.2 Å². The molecular weight excluding hydrogens is 559 g/mol. The fraction of sp³-hybridized carbons (Fsp3) is 0.290. The predicted octanol–water partition coefficient (Wildman–Crippen LogP) is 5.33. The third-order valence-corrected chi connectivity index (χ3v) is 8.04. The lowest BCUT2D eigenvalue weighted by atomic mass is 9.99. The number of H-pyrrole nitrogens is 1. The van der Waals surface area contributed by atoms with E-state index < -0.39 is 10.5 Å². The van der Waals surface area contributed by atoms with Crippen molar-refractivity contribution in [3.63, 3.8) is 0 Å². The predicted molar refractivity (Wildman–Crippen MR) is 161 cm³/mol. The van der Waals surface area contributed by atoms with Crippen LogP contribution in [0, 0.1) is 12.3 Å². The van der Waals surface area contributed by atoms with Gasteiger partial charge in [0.05, 0.1) is 28.6 Å². The summed E-state index contributed by atoms with van der Waals surface area (Å²) in [4.78, 5) is 24.1. The molecule has 0 aliphatic carbocycles. The third-order valence-electron chi connectivity index (χ3n) is 7.65. The van der Waals surface area contributed by atoms with E-state index in [1.54, 1.807) is 6.07 Å². The van der Waals surface area contributed by atoms with Crippen molar-refractivity contribution in [1.82, 2.24) is 19.4 Å². The van der Waals surface area contributed by atoms with Crippen LogP contribution in [0.1, 0.15) is 38.3 Å². The molecule has 4 heterocycles. The van der Waals surface area contributed by atoms with Crippen LogP contribution in [-0.4, -0.2) is 54.1 Å². The van der Waals surface area contributed by atoms with Gasteiger partial charge in [0.1, 0.15) is 11.4 Å². The number of benzene rings is 2. The summed E-state index contributed by atoms with van der Waals surface area (Å²) >= 11 is 0. The molecule has 2 aromatic carbocycles. The molecule has 9 nitrogen and oxygen atoms in total. The van der Waals surface area contributed by atoms with Crippen molar-refractivity contribution in [2.45, 2.75) is 38.8 Å². The molecule has 5 aromatic rings. The molecule has 42 heavy (non-hydrogen) atoms. The number of hydrogen-bond donors (Lipinski definition) is 1. The standard InChI is InChI=1S/C31H29FN4O5S/c1-5-19-6-7-23-26(12-19)34-31-29(23)30(37)25-15-28(40-18(2)3)24(20-13-22(17-33-16-20)41-42(32,38)39)14-27(25)36(31)21-8-10-35(4)11-9-21/h1,6-7,12-18,21,34H,8-11H2,2-4H3. The van der Waals surface area contributed by atoms with Crippen LogP contribution >= 0.6 is 0 Å². The van der Waals surface area contributed by atoms with Crippen molar-refractivity contribution in [1.29, 1.82) is 0 Å². The molecule has 1 N–H and O–H groups in total. The van der Waals surface area contributed by atoms with Crippen LogP contribution in [0.25, 0.3) is 44.0 Å². The van der Waals surface area contributed by atoms with E-state index in [0.717, 1.165) is 43.0 Å². The van der Waals surface area contributed by atoms with Crippen LogP contribution in [0.2, 0.25) is 0 Å². The second kappa shape index (κ2) is 10.5. The van der Waals surface area contributed by atoms with E-state index in [0.29, 0.717) is 44.4 Å². The molecule has 1 aliphatic rings. The highest BCUT2D eigenvalue weighted by molar-refractivity contribution is 7.81. The number of ether oxygens (including phenoxy) is 1. The Bertz CT molecular complexity index is 2070. The average Bonchev–Trinajstić information content (AvgIpc) is 3.31. The molecule has 3 aromatic heterocycles. The largest absolute Gasteiger partial charge is 0.490 e. The van der Waals surface area contributed by atoms with Gasteiger partial charge in [-0.15, -0.1) is 6.42 Å². The Hall–Kier alpha value is -4.40. The Balaban J connectivity index is 1.70. The van der Waals surface area contributed by atoms with Crippen LogP contribution < -0.4 is 14.3 Å². The van der Waals surface area contributed by atoms with Gasteiger partial charge in [0.15, 0.2) is 11.2 Å². The third kappa shape index (κ3) is 5.08. The summed E-state index contributed by atoms with van der Waals surface area (Å²) in [6.45, 7) is 5.52. The molecular formula is C31H29FN4O5S. The fourth-order valence-electron chi connectivity index (χ4n) is 5.82. The summed E-state index contributed by atoms with van der Waals surface area (Å²) in [6.07, 6.45) is 9.77. The summed E-state index contributed by atoms with van der Waals surface area (Å²) in [5, 5.41) is 1.84. The monoisotopic (exact) mass is 588 g/mol. The molecule has 0 spiro atoms. The fourth-order valence-corrected chi connectivity index (χ4v) is 6.15. The van der Waals surface area contributed by atoms with Gasteiger partial charge in [-0.1, -0.05) is 15.9 Å². The number of likely N-dealkylation sites (tertiary alicyclic amines) is 1. The topological polar surface area (TPSA) is 107 Å². The van der Waals surface area contributed by atoms with Crippen molar-refractivity contribution < 1.29 is 21.2 Å². The molecule has 216 valence electrons. The minimum absolute atomic E-state index is 0.0844. The normalized spacial score (nSPS) is 15.0. The average molecular weight is 589 g/mol. The maximum absolute atomic E-state index is 14.2. The van der Waals surface area contributed by atoms with E-state index in [1.807, 2.05) is 38.1 Å². The van der Waals surface area contributed by atoms with Crippen LogP contribution in [0.15, 0.2) is 53.6 Å². The lowest BCUT2D eigenvalue weighted by molar-refractivity contribution is 0.226. The first-order valence-electron chi connectivity index (χ1n) is 13.6. The molecule has 0 radical (unpaired) electrons. The van der Waals surface area contributed by atoms with Crippen molar-refractivity contribution in [3.05, 3.63) is 64.6 Å². The lowest BCUT2D eigenvalue weighted by Gasteiger charge is -2.32. The van der Waals surface area contributed by atoms with Gasteiger partial charge in [-0.3, -0.25) is 9.78 Å². The molecule has 0 bridgehead atoms. The first kappa shape index (κ1) is 27.8. The number of nitrogens with zero attached hydrogens (tertiary/aromatic N) is 3. The first-order valence-corrected chi connectivity index (χ1v) is 14.9. The van der Waals surface area contributed by atoms with E-state index in [9.17, 15) is 17.1 Å². The number of nitrogens with one attached hydrogen (secondary N) is 1. The SMILES string of the molecule is C#Cc1ccc2c(c1)[nH]c1c2c(=O)c2cc(OC(C)C)c(-c3cncc(OS(=O)(=O)F)c3)cc2n1C1CCN(C)CC1. The molecule has 0 amide bonds. The van der Waals surface area contributed by atoms with Gasteiger partial charge in [-0.25, -0.2) is 0 Å². The Labute approximate surface area is 242 Å². The van der Waals surface area contributed by atoms with E-state index in [1.165, 1.54) is 12.3 Å². The first-order chi connectivity index (χ1) is 20.0. The smallest absolute Gasteiger partial charge is 0.488 e. The van der Waals surface area contributed by atoms with Crippen LogP contribution in [0.4, 0.5) is 3.89 Å². The number of terminal acetylenes is 1. The molecule has 1 aliphatic heterocycles. The van der Waals surface area contributed by atoms with Gasteiger partial charge >= 0.3 is 10.5 Å². The highest BCUT2D eigenvalue weighted by Gasteiger charge is 2.26. The summed E-state index contributed by atoms with van der Waals surface area (Å²) in [5.74, 6) is 2.78. The van der Waals surface area contributed by atoms with E-state index >= 15 is 0 Å². The van der Waals surface area contributed by atoms with Crippen LogP contribution in [-0.2, 0) is 10.5 Å². The highest BCUT2D eigenvalue weighted by Crippen LogP contribution is 2.39. The zero-order chi connectivity index (χ0) is 29.8. The molecule has 1 saturated heterocycles. The van der Waals surface area contributed by atoms with Crippen molar-refractivity contribution >= 4 is 43.3 Å². The number of halogens is 1. The maximum atomic E-state index is 14.2. The second-order valence-corrected chi connectivity index (χ2v) is 11.9. The summed E-state index contributed by atoms with van der Waals surface area (Å²) < 4.78 is 48.5. The quantitative estimate of drug-likeness (QED) is 0.211. The van der Waals surface area contributed by atoms with Gasteiger partial charge in [0.2, 0.25) is 0 Å². The summed E-state index contributed by atoms with van der Waals surface area (Å²) in [7, 11) is -3.16. The number of fused-ring (bicyclic) bond motifs is 4. The number of rotatable bonds is 6. The molecule has 1 fully saturated rings. The van der Waals surface area contributed by atoms with Gasteiger partial charge in [0, 0.05) is 39.8 Å². The Kier molecular flexibility index (Phi) is 6.91. The zero-order valence-corrected chi connectivity index (χ0v) is 24.2. The number of hydrogen-bond acceptors (Lipinski definition) is 7. The molecule has 6 rings (SSSR count). The van der Waals surface area contributed by atoms with Gasteiger partial charge in [-0.05, 0) is 77.2 Å². The lowest BCUT2D eigenvalue weighted by Crippen LogP contribution is -2.32. The van der Waals surface area contributed by atoms with Gasteiger partial charge < -0.3 is 23.4 Å². The number of pyridine rings is 2.